The number of Topliss-reactive ketones (excluding diaryl/α,β-unsaturated/α-hetero) is 1. The van der Waals surface area contributed by atoms with Crippen molar-refractivity contribution in [2.24, 2.45) is 0 Å². The van der Waals surface area contributed by atoms with E-state index in [0.717, 1.165) is 22.1 Å². The zero-order valence-electron chi connectivity index (χ0n) is 16.1. The molecule has 2 aromatic carbocycles. The van der Waals surface area contributed by atoms with Gasteiger partial charge in [-0.3, -0.25) is 9.59 Å². The third-order valence-corrected chi connectivity index (χ3v) is 5.51. The summed E-state index contributed by atoms with van der Waals surface area (Å²) in [5, 5.41) is 2.21. The van der Waals surface area contributed by atoms with E-state index in [2.05, 4.69) is 23.0 Å². The molecular formula is C21H25N3O4. The number of carbonyl (C=O) groups is 2. The fourth-order valence-corrected chi connectivity index (χ4v) is 3.83. The predicted octanol–water partition coefficient (Wildman–Crippen LogP) is 1.57. The molecule has 7 nitrogen and oxygen atoms in total. The molecular weight excluding hydrogens is 358 g/mol. The average Bonchev–Trinajstić information content (AvgIpc) is 3.23. The third-order valence-electron chi connectivity index (χ3n) is 5.51. The van der Waals surface area contributed by atoms with Crippen molar-refractivity contribution in [3.63, 3.8) is 0 Å². The summed E-state index contributed by atoms with van der Waals surface area (Å²) in [6, 6.07) is 11.5. The van der Waals surface area contributed by atoms with Crippen molar-refractivity contribution in [3.8, 4) is 5.75 Å². The number of methoxy groups -OCH3 is 1. The van der Waals surface area contributed by atoms with E-state index >= 15 is 0 Å². The molecule has 148 valence electrons. The van der Waals surface area contributed by atoms with Crippen LogP contribution in [0.3, 0.4) is 0 Å². The van der Waals surface area contributed by atoms with Crippen molar-refractivity contribution in [3.05, 3.63) is 42.0 Å². The highest BCUT2D eigenvalue weighted by Gasteiger charge is 2.36. The second-order valence-electron chi connectivity index (χ2n) is 7.36. The lowest BCUT2D eigenvalue weighted by Crippen LogP contribution is -2.50. The van der Waals surface area contributed by atoms with Gasteiger partial charge >= 0.3 is 0 Å². The SMILES string of the molecule is COc1ccc2cc(C3CN(C(=O)C4CC(C(C)=O)NN4)CCO3)ccc2c1. The van der Waals surface area contributed by atoms with Gasteiger partial charge in [-0.2, -0.15) is 0 Å². The van der Waals surface area contributed by atoms with Crippen LogP contribution in [-0.4, -0.2) is 55.5 Å². The number of ketones is 1. The van der Waals surface area contributed by atoms with Crippen molar-refractivity contribution in [1.82, 2.24) is 15.8 Å². The highest BCUT2D eigenvalue weighted by atomic mass is 16.5. The van der Waals surface area contributed by atoms with Gasteiger partial charge < -0.3 is 14.4 Å². The molecule has 7 heteroatoms. The molecule has 3 atom stereocenters. The highest BCUT2D eigenvalue weighted by molar-refractivity contribution is 5.87. The first-order valence-electron chi connectivity index (χ1n) is 9.55. The van der Waals surface area contributed by atoms with E-state index < -0.39 is 0 Å². The van der Waals surface area contributed by atoms with Gasteiger partial charge in [-0.15, -0.1) is 0 Å². The van der Waals surface area contributed by atoms with Crippen LogP contribution in [0.25, 0.3) is 10.8 Å². The van der Waals surface area contributed by atoms with Gasteiger partial charge in [0.05, 0.1) is 26.3 Å². The van der Waals surface area contributed by atoms with E-state index in [-0.39, 0.29) is 29.9 Å². The van der Waals surface area contributed by atoms with E-state index in [1.165, 1.54) is 6.92 Å². The van der Waals surface area contributed by atoms with Crippen molar-refractivity contribution in [1.29, 1.82) is 0 Å². The summed E-state index contributed by atoms with van der Waals surface area (Å²) in [5.74, 6) is 0.873. The summed E-state index contributed by atoms with van der Waals surface area (Å²) < 4.78 is 11.2. The molecule has 0 saturated carbocycles. The smallest absolute Gasteiger partial charge is 0.241 e. The third kappa shape index (κ3) is 3.73. The maximum Gasteiger partial charge on any atom is 0.241 e. The van der Waals surface area contributed by atoms with E-state index in [4.69, 9.17) is 9.47 Å². The Morgan fingerprint density at radius 3 is 2.61 bits per heavy atom. The molecule has 2 heterocycles. The Hall–Kier alpha value is -2.48. The van der Waals surface area contributed by atoms with Gasteiger partial charge in [-0.1, -0.05) is 18.2 Å². The molecule has 2 aliphatic rings. The molecule has 2 N–H and O–H groups in total. The van der Waals surface area contributed by atoms with Gasteiger partial charge in [0.15, 0.2) is 0 Å². The molecule has 4 rings (SSSR count). The van der Waals surface area contributed by atoms with Crippen LogP contribution in [0.1, 0.15) is 25.0 Å². The number of hydrazine groups is 1. The van der Waals surface area contributed by atoms with E-state index in [9.17, 15) is 9.59 Å². The number of carbonyl (C=O) groups excluding carboxylic acids is 2. The topological polar surface area (TPSA) is 79.9 Å². The number of nitrogens with one attached hydrogen (secondary N) is 2. The molecule has 2 saturated heterocycles. The first kappa shape index (κ1) is 18.9. The van der Waals surface area contributed by atoms with Crippen LogP contribution in [-0.2, 0) is 14.3 Å². The largest absolute Gasteiger partial charge is 0.497 e. The lowest BCUT2D eigenvalue weighted by molar-refractivity contribution is -0.141. The minimum atomic E-state index is -0.378. The number of benzene rings is 2. The van der Waals surface area contributed by atoms with Crippen molar-refractivity contribution in [2.75, 3.05) is 26.8 Å². The van der Waals surface area contributed by atoms with Crippen molar-refractivity contribution >= 4 is 22.5 Å². The lowest BCUT2D eigenvalue weighted by Gasteiger charge is -2.34. The fourth-order valence-electron chi connectivity index (χ4n) is 3.83. The quantitative estimate of drug-likeness (QED) is 0.834. The molecule has 28 heavy (non-hydrogen) atoms. The maximum atomic E-state index is 12.9. The van der Waals surface area contributed by atoms with Gasteiger partial charge in [-0.05, 0) is 47.9 Å². The molecule has 1 amide bonds. The van der Waals surface area contributed by atoms with Crippen LogP contribution < -0.4 is 15.6 Å². The zero-order chi connectivity index (χ0) is 19.7. The van der Waals surface area contributed by atoms with Crippen molar-refractivity contribution < 1.29 is 19.1 Å². The normalized spacial score (nSPS) is 25.1. The number of morpholine rings is 1. The number of amides is 1. The number of fused-ring (bicyclic) bond motifs is 1. The summed E-state index contributed by atoms with van der Waals surface area (Å²) in [5.41, 5.74) is 6.92. The molecule has 2 aromatic rings. The van der Waals surface area contributed by atoms with Gasteiger partial charge in [0, 0.05) is 6.54 Å². The Balaban J connectivity index is 1.47. The minimum absolute atomic E-state index is 0.00933. The van der Waals surface area contributed by atoms with E-state index in [0.29, 0.717) is 26.1 Å². The summed E-state index contributed by atoms with van der Waals surface area (Å²) >= 11 is 0. The summed E-state index contributed by atoms with van der Waals surface area (Å²) in [7, 11) is 1.66. The number of ether oxygens (including phenoxy) is 2. The Morgan fingerprint density at radius 1 is 1.11 bits per heavy atom. The van der Waals surface area contributed by atoms with Crippen LogP contribution in [0.15, 0.2) is 36.4 Å². The summed E-state index contributed by atoms with van der Waals surface area (Å²) in [4.78, 5) is 26.2. The molecule has 0 aromatic heterocycles. The van der Waals surface area contributed by atoms with Gasteiger partial charge in [0.25, 0.3) is 0 Å². The lowest BCUT2D eigenvalue weighted by atomic mass is 10.0. The number of hydrogen-bond acceptors (Lipinski definition) is 6. The molecule has 0 bridgehead atoms. The Bertz CT molecular complexity index is 900. The predicted molar refractivity (Wildman–Crippen MR) is 105 cm³/mol. The monoisotopic (exact) mass is 383 g/mol. The maximum absolute atomic E-state index is 12.9. The van der Waals surface area contributed by atoms with Crippen molar-refractivity contribution in [2.45, 2.75) is 31.5 Å². The first-order valence-corrected chi connectivity index (χ1v) is 9.55. The van der Waals surface area contributed by atoms with E-state index in [1.54, 1.807) is 7.11 Å². The summed E-state index contributed by atoms with van der Waals surface area (Å²) in [6.07, 6.45) is 0.315. The zero-order valence-corrected chi connectivity index (χ0v) is 16.1. The van der Waals surface area contributed by atoms with Crippen LogP contribution in [0.5, 0.6) is 5.75 Å². The van der Waals surface area contributed by atoms with Gasteiger partial charge in [0.2, 0.25) is 5.91 Å². The Labute approximate surface area is 163 Å². The molecule has 0 aliphatic carbocycles. The Kier molecular flexibility index (Phi) is 5.30. The van der Waals surface area contributed by atoms with Crippen LogP contribution in [0.2, 0.25) is 0 Å². The first-order chi connectivity index (χ1) is 13.5. The van der Waals surface area contributed by atoms with Gasteiger partial charge in [0.1, 0.15) is 23.7 Å². The summed E-state index contributed by atoms with van der Waals surface area (Å²) in [6.45, 7) is 3.09. The minimum Gasteiger partial charge on any atom is -0.497 e. The number of rotatable bonds is 4. The number of nitrogens with zero attached hydrogens (tertiary/aromatic N) is 1. The number of hydrogen-bond donors (Lipinski definition) is 2. The van der Waals surface area contributed by atoms with Crippen LogP contribution >= 0.6 is 0 Å². The van der Waals surface area contributed by atoms with Crippen LogP contribution in [0.4, 0.5) is 0 Å². The molecule has 2 aliphatic heterocycles. The Morgan fingerprint density at radius 2 is 1.86 bits per heavy atom. The molecule has 0 radical (unpaired) electrons. The van der Waals surface area contributed by atoms with Gasteiger partial charge in [-0.25, -0.2) is 10.9 Å². The molecule has 2 fully saturated rings. The second-order valence-corrected chi connectivity index (χ2v) is 7.36. The standard InChI is InChI=1S/C21H25N3O4/c1-13(25)18-11-19(23-22-18)21(26)24-7-8-28-20(12-24)16-4-3-15-10-17(27-2)6-5-14(15)9-16/h3-6,9-10,18-20,22-23H,7-8,11-12H2,1-2H3. The second kappa shape index (κ2) is 7.87. The molecule has 3 unspecified atom stereocenters. The molecule has 0 spiro atoms. The average molecular weight is 383 g/mol. The highest BCUT2D eigenvalue weighted by Crippen LogP contribution is 2.28. The fraction of sp³-hybridized carbons (Fsp3) is 0.429. The van der Waals surface area contributed by atoms with Crippen LogP contribution in [0, 0.1) is 0 Å². The van der Waals surface area contributed by atoms with E-state index in [1.807, 2.05) is 29.2 Å².